The number of fused-ring (bicyclic) bond motifs is 2. The fraction of sp³-hybridized carbons (Fsp3) is 0.400. The van der Waals surface area contributed by atoms with Crippen LogP contribution in [-0.2, 0) is 30.2 Å². The third-order valence-electron chi connectivity index (χ3n) is 5.38. The van der Waals surface area contributed by atoms with Gasteiger partial charge in [-0.05, 0) is 85.3 Å². The summed E-state index contributed by atoms with van der Waals surface area (Å²) in [5, 5.41) is 0. The highest BCUT2D eigenvalue weighted by Crippen LogP contribution is 2.47. The maximum Gasteiger partial charge on any atom is 0.524 e. The summed E-state index contributed by atoms with van der Waals surface area (Å²) in [4.78, 5) is 18.7. The van der Waals surface area contributed by atoms with Crippen LogP contribution in [0.5, 0.6) is 5.75 Å². The second-order valence-electron chi connectivity index (χ2n) is 7.02. The topological polar surface area (TPSA) is 66.8 Å². The maximum absolute atomic E-state index is 11.5. The van der Waals surface area contributed by atoms with E-state index in [0.717, 1.165) is 56.1 Å². The average Bonchev–Trinajstić information content (AvgIpc) is 2.60. The Hall–Kier alpha value is -1.61. The molecular weight excluding hydrogens is 335 g/mol. The summed E-state index contributed by atoms with van der Waals surface area (Å²) in [6.07, 6.45) is 8.69. The van der Waals surface area contributed by atoms with Gasteiger partial charge in [0, 0.05) is 5.56 Å². The maximum atomic E-state index is 11.5. The van der Waals surface area contributed by atoms with E-state index in [9.17, 15) is 14.4 Å². The zero-order valence-electron chi connectivity index (χ0n) is 14.2. The molecule has 2 aromatic rings. The minimum absolute atomic E-state index is 0.313. The van der Waals surface area contributed by atoms with Gasteiger partial charge in [-0.3, -0.25) is 9.79 Å². The number of rotatable bonds is 3. The van der Waals surface area contributed by atoms with Gasteiger partial charge in [0.1, 0.15) is 5.75 Å². The molecule has 0 heterocycles. The Morgan fingerprint density at radius 1 is 0.800 bits per heavy atom. The van der Waals surface area contributed by atoms with Crippen molar-refractivity contribution in [3.8, 4) is 16.9 Å². The van der Waals surface area contributed by atoms with Crippen molar-refractivity contribution in [2.75, 3.05) is 0 Å². The number of phosphoric ester groups is 1. The molecule has 2 aliphatic carbocycles. The molecule has 0 saturated heterocycles. The molecule has 2 N–H and O–H groups in total. The van der Waals surface area contributed by atoms with E-state index in [1.165, 1.54) is 28.7 Å². The van der Waals surface area contributed by atoms with Crippen LogP contribution in [-0.4, -0.2) is 9.79 Å². The molecule has 0 unspecified atom stereocenters. The van der Waals surface area contributed by atoms with Gasteiger partial charge in [0.15, 0.2) is 0 Å². The Balaban J connectivity index is 1.95. The molecular formula is C20H23O4P. The van der Waals surface area contributed by atoms with E-state index >= 15 is 0 Å². The Morgan fingerprint density at radius 2 is 1.44 bits per heavy atom. The van der Waals surface area contributed by atoms with Crippen LogP contribution in [0.1, 0.15) is 47.9 Å². The fourth-order valence-electron chi connectivity index (χ4n) is 4.32. The monoisotopic (exact) mass is 358 g/mol. The minimum atomic E-state index is -4.60. The van der Waals surface area contributed by atoms with Crippen molar-refractivity contribution in [3.05, 3.63) is 52.6 Å². The first-order valence-corrected chi connectivity index (χ1v) is 10.6. The molecule has 2 aliphatic rings. The molecule has 132 valence electrons. The standard InChI is InChI=1S/C20H23O4P/c21-25(22,23)24-19-13-12-15-7-2-4-10-17(15)20(19)18-11-5-8-14-6-1-3-9-16(14)18/h5,8,11-13H,1-4,6-7,9-10H2,(H2,21,22,23). The summed E-state index contributed by atoms with van der Waals surface area (Å²) in [5.74, 6) is 0.313. The van der Waals surface area contributed by atoms with Crippen LogP contribution < -0.4 is 4.52 Å². The van der Waals surface area contributed by atoms with Crippen LogP contribution in [0.4, 0.5) is 0 Å². The van der Waals surface area contributed by atoms with Gasteiger partial charge in [-0.25, -0.2) is 4.57 Å². The summed E-state index contributed by atoms with van der Waals surface area (Å²) in [5.41, 5.74) is 7.17. The Kier molecular flexibility index (Phi) is 4.45. The van der Waals surface area contributed by atoms with Crippen molar-refractivity contribution in [1.29, 1.82) is 0 Å². The molecule has 0 radical (unpaired) electrons. The van der Waals surface area contributed by atoms with E-state index in [-0.39, 0.29) is 0 Å². The Bertz CT molecular complexity index is 853. The number of phosphoric acid groups is 1. The second kappa shape index (κ2) is 6.60. The smallest absolute Gasteiger partial charge is 0.404 e. The van der Waals surface area contributed by atoms with Gasteiger partial charge in [0.2, 0.25) is 0 Å². The number of aryl methyl sites for hydroxylation is 2. The molecule has 0 aliphatic heterocycles. The molecule has 0 spiro atoms. The summed E-state index contributed by atoms with van der Waals surface area (Å²) < 4.78 is 16.6. The summed E-state index contributed by atoms with van der Waals surface area (Å²) in [7, 11) is -4.60. The molecule has 0 saturated carbocycles. The summed E-state index contributed by atoms with van der Waals surface area (Å²) in [6, 6.07) is 10.0. The van der Waals surface area contributed by atoms with E-state index in [0.29, 0.717) is 5.75 Å². The summed E-state index contributed by atoms with van der Waals surface area (Å²) in [6.45, 7) is 0. The Morgan fingerprint density at radius 3 is 2.16 bits per heavy atom. The van der Waals surface area contributed by atoms with Crippen molar-refractivity contribution in [2.45, 2.75) is 51.4 Å². The molecule has 0 fully saturated rings. The van der Waals surface area contributed by atoms with Crippen molar-refractivity contribution in [2.24, 2.45) is 0 Å². The molecule has 0 amide bonds. The molecule has 4 nitrogen and oxygen atoms in total. The van der Waals surface area contributed by atoms with E-state index < -0.39 is 7.82 Å². The molecule has 0 atom stereocenters. The first kappa shape index (κ1) is 16.8. The van der Waals surface area contributed by atoms with E-state index in [2.05, 4.69) is 18.2 Å². The lowest BCUT2D eigenvalue weighted by molar-refractivity contribution is 0.283. The Labute approximate surface area is 148 Å². The lowest BCUT2D eigenvalue weighted by Gasteiger charge is -2.26. The number of hydrogen-bond acceptors (Lipinski definition) is 2. The van der Waals surface area contributed by atoms with Crippen LogP contribution in [0, 0.1) is 0 Å². The van der Waals surface area contributed by atoms with Gasteiger partial charge < -0.3 is 4.52 Å². The molecule has 0 bridgehead atoms. The van der Waals surface area contributed by atoms with Crippen LogP contribution in [0.2, 0.25) is 0 Å². The highest BCUT2D eigenvalue weighted by molar-refractivity contribution is 7.46. The quantitative estimate of drug-likeness (QED) is 0.788. The average molecular weight is 358 g/mol. The van der Waals surface area contributed by atoms with E-state index in [4.69, 9.17) is 4.52 Å². The van der Waals surface area contributed by atoms with Gasteiger partial charge in [0.05, 0.1) is 0 Å². The van der Waals surface area contributed by atoms with Gasteiger partial charge in [-0.1, -0.05) is 24.3 Å². The third-order valence-corrected chi connectivity index (χ3v) is 5.81. The largest absolute Gasteiger partial charge is 0.524 e. The van der Waals surface area contributed by atoms with E-state index in [1.807, 2.05) is 6.07 Å². The molecule has 25 heavy (non-hydrogen) atoms. The highest BCUT2D eigenvalue weighted by Gasteiger charge is 2.26. The first-order chi connectivity index (χ1) is 12.0. The summed E-state index contributed by atoms with van der Waals surface area (Å²) >= 11 is 0. The van der Waals surface area contributed by atoms with Gasteiger partial charge in [-0.15, -0.1) is 0 Å². The molecule has 0 aromatic heterocycles. The van der Waals surface area contributed by atoms with Gasteiger partial charge in [0.25, 0.3) is 0 Å². The van der Waals surface area contributed by atoms with Crippen LogP contribution in [0.25, 0.3) is 11.1 Å². The highest BCUT2D eigenvalue weighted by atomic mass is 31.2. The third kappa shape index (κ3) is 3.39. The SMILES string of the molecule is O=P(O)(O)Oc1ccc2c(c1-c1cccc3c1CCCC3)CCCC2. The predicted molar refractivity (Wildman–Crippen MR) is 97.8 cm³/mol. The van der Waals surface area contributed by atoms with Crippen molar-refractivity contribution in [3.63, 3.8) is 0 Å². The molecule has 4 rings (SSSR count). The van der Waals surface area contributed by atoms with E-state index in [1.54, 1.807) is 6.07 Å². The molecule has 5 heteroatoms. The molecule has 2 aromatic carbocycles. The van der Waals surface area contributed by atoms with Crippen molar-refractivity contribution in [1.82, 2.24) is 0 Å². The number of benzene rings is 2. The first-order valence-electron chi connectivity index (χ1n) is 9.04. The normalized spacial score (nSPS) is 16.9. The van der Waals surface area contributed by atoms with Crippen molar-refractivity contribution < 1.29 is 18.9 Å². The van der Waals surface area contributed by atoms with Crippen LogP contribution in [0.15, 0.2) is 30.3 Å². The predicted octanol–water partition coefficient (Wildman–Crippen LogP) is 4.58. The fourth-order valence-corrected chi connectivity index (χ4v) is 4.73. The van der Waals surface area contributed by atoms with Gasteiger partial charge in [-0.2, -0.15) is 0 Å². The zero-order valence-corrected chi connectivity index (χ0v) is 15.1. The number of hydrogen-bond donors (Lipinski definition) is 2. The van der Waals surface area contributed by atoms with Crippen LogP contribution >= 0.6 is 7.82 Å². The zero-order chi connectivity index (χ0) is 17.4. The lowest BCUT2D eigenvalue weighted by atomic mass is 9.81. The van der Waals surface area contributed by atoms with Crippen molar-refractivity contribution >= 4 is 7.82 Å². The van der Waals surface area contributed by atoms with Crippen LogP contribution in [0.3, 0.4) is 0 Å². The second-order valence-corrected chi connectivity index (χ2v) is 8.18. The lowest BCUT2D eigenvalue weighted by Crippen LogP contribution is -2.09. The minimum Gasteiger partial charge on any atom is -0.404 e. The van der Waals surface area contributed by atoms with Gasteiger partial charge >= 0.3 is 7.82 Å².